The maximum atomic E-state index is 13.3. The first-order valence-corrected chi connectivity index (χ1v) is 10.8. The summed E-state index contributed by atoms with van der Waals surface area (Å²) in [6, 6.07) is 10.8. The van der Waals surface area contributed by atoms with E-state index in [1.54, 1.807) is 0 Å². The molecule has 0 amide bonds. The number of carbonyl (C=O) groups excluding carboxylic acids is 3. The third-order valence-electron chi connectivity index (χ3n) is 5.32. The van der Waals surface area contributed by atoms with Crippen LogP contribution in [-0.2, 0) is 46.2 Å². The molecule has 10 heteroatoms. The van der Waals surface area contributed by atoms with Crippen LogP contribution in [0, 0.1) is 0 Å². The van der Waals surface area contributed by atoms with E-state index in [1.165, 1.54) is 37.6 Å². The zero-order valence-electron chi connectivity index (χ0n) is 19.1. The van der Waals surface area contributed by atoms with Crippen molar-refractivity contribution in [1.29, 1.82) is 0 Å². The Morgan fingerprint density at radius 3 is 2.21 bits per heavy atom. The fourth-order valence-electron chi connectivity index (χ4n) is 3.85. The maximum Gasteiger partial charge on any atom is 0.303 e. The molecule has 2 unspecified atom stereocenters. The highest BCUT2D eigenvalue weighted by molar-refractivity contribution is 5.68. The van der Waals surface area contributed by atoms with Gasteiger partial charge in [-0.2, -0.15) is 0 Å². The Labute approximate surface area is 196 Å². The Morgan fingerprint density at radius 2 is 1.59 bits per heavy atom. The Morgan fingerprint density at radius 1 is 0.941 bits per heavy atom. The van der Waals surface area contributed by atoms with E-state index in [0.29, 0.717) is 6.42 Å². The van der Waals surface area contributed by atoms with Crippen LogP contribution in [0.15, 0.2) is 47.4 Å². The van der Waals surface area contributed by atoms with Crippen molar-refractivity contribution >= 4 is 17.9 Å². The zero-order chi connectivity index (χ0) is 24.8. The molecule has 1 fully saturated rings. The fraction of sp³-hybridized carbons (Fsp3) is 0.417. The number of esters is 3. The minimum Gasteiger partial charge on any atom is -0.507 e. The van der Waals surface area contributed by atoms with Crippen LogP contribution in [0.5, 0.6) is 5.75 Å². The van der Waals surface area contributed by atoms with Gasteiger partial charge in [0, 0.05) is 27.0 Å². The molecule has 1 aliphatic heterocycles. The summed E-state index contributed by atoms with van der Waals surface area (Å²) in [5.74, 6) is -2.10. The number of hydrogen-bond donors (Lipinski definition) is 1. The SMILES string of the molecule is CC(=O)OC[C@H]1O[C@@H](n2ccc(O)c(CCc3ccccc3)c2=O)C(OC(C)=O)C1OC(C)=O. The molecule has 2 aromatic rings. The highest BCUT2D eigenvalue weighted by Crippen LogP contribution is 2.34. The van der Waals surface area contributed by atoms with Gasteiger partial charge in [-0.1, -0.05) is 30.3 Å². The van der Waals surface area contributed by atoms with Gasteiger partial charge in [0.25, 0.3) is 5.56 Å². The molecule has 0 radical (unpaired) electrons. The van der Waals surface area contributed by atoms with Crippen molar-refractivity contribution in [1.82, 2.24) is 4.57 Å². The molecule has 0 spiro atoms. The van der Waals surface area contributed by atoms with Crippen molar-refractivity contribution in [2.75, 3.05) is 6.61 Å². The van der Waals surface area contributed by atoms with Gasteiger partial charge in [0.15, 0.2) is 18.4 Å². The molecular formula is C24H27NO9. The molecule has 10 nitrogen and oxygen atoms in total. The molecule has 1 aromatic carbocycles. The van der Waals surface area contributed by atoms with Gasteiger partial charge in [-0.25, -0.2) is 0 Å². The molecule has 4 atom stereocenters. The van der Waals surface area contributed by atoms with Crippen LogP contribution in [0.25, 0.3) is 0 Å². The number of rotatable bonds is 8. The summed E-state index contributed by atoms with van der Waals surface area (Å²) in [7, 11) is 0. The van der Waals surface area contributed by atoms with Crippen molar-refractivity contribution in [2.24, 2.45) is 0 Å². The quantitative estimate of drug-likeness (QED) is 0.449. The minimum absolute atomic E-state index is 0.156. The summed E-state index contributed by atoms with van der Waals surface area (Å²) in [6.45, 7) is 3.27. The van der Waals surface area contributed by atoms with Crippen molar-refractivity contribution in [2.45, 2.75) is 58.2 Å². The number of benzene rings is 1. The zero-order valence-corrected chi connectivity index (χ0v) is 19.1. The van der Waals surface area contributed by atoms with Crippen LogP contribution in [0.2, 0.25) is 0 Å². The molecule has 1 N–H and O–H groups in total. The molecule has 1 saturated heterocycles. The van der Waals surface area contributed by atoms with Gasteiger partial charge in [-0.05, 0) is 24.5 Å². The minimum atomic E-state index is -1.19. The van der Waals surface area contributed by atoms with Crippen molar-refractivity contribution in [3.05, 3.63) is 64.1 Å². The predicted octanol–water partition coefficient (Wildman–Crippen LogP) is 1.66. The van der Waals surface area contributed by atoms with E-state index >= 15 is 0 Å². The van der Waals surface area contributed by atoms with Gasteiger partial charge in [0.1, 0.15) is 18.5 Å². The second kappa shape index (κ2) is 11.0. The van der Waals surface area contributed by atoms with Crippen LogP contribution >= 0.6 is 0 Å². The lowest BCUT2D eigenvalue weighted by Crippen LogP contribution is -2.41. The lowest BCUT2D eigenvalue weighted by molar-refractivity contribution is -0.166. The van der Waals surface area contributed by atoms with Gasteiger partial charge in [-0.15, -0.1) is 0 Å². The topological polar surface area (TPSA) is 130 Å². The first kappa shape index (κ1) is 25.0. The molecule has 0 bridgehead atoms. The molecule has 34 heavy (non-hydrogen) atoms. The summed E-state index contributed by atoms with van der Waals surface area (Å²) in [5, 5.41) is 10.3. The summed E-state index contributed by atoms with van der Waals surface area (Å²) >= 11 is 0. The highest BCUT2D eigenvalue weighted by Gasteiger charge is 2.50. The van der Waals surface area contributed by atoms with Crippen LogP contribution in [0.4, 0.5) is 0 Å². The van der Waals surface area contributed by atoms with E-state index in [-0.39, 0.29) is 24.3 Å². The average Bonchev–Trinajstić information content (AvgIpc) is 3.08. The second-order valence-corrected chi connectivity index (χ2v) is 7.89. The van der Waals surface area contributed by atoms with E-state index in [2.05, 4.69) is 0 Å². The van der Waals surface area contributed by atoms with Crippen LogP contribution in [-0.4, -0.2) is 52.5 Å². The third kappa shape index (κ3) is 6.02. The van der Waals surface area contributed by atoms with Gasteiger partial charge in [-0.3, -0.25) is 23.7 Å². The monoisotopic (exact) mass is 473 g/mol. The molecule has 182 valence electrons. The van der Waals surface area contributed by atoms with E-state index in [4.69, 9.17) is 18.9 Å². The normalized spacial score (nSPS) is 21.6. The molecule has 2 heterocycles. The van der Waals surface area contributed by atoms with Crippen LogP contribution in [0.1, 0.15) is 38.1 Å². The van der Waals surface area contributed by atoms with E-state index in [0.717, 1.165) is 5.56 Å². The second-order valence-electron chi connectivity index (χ2n) is 7.89. The maximum absolute atomic E-state index is 13.3. The smallest absolute Gasteiger partial charge is 0.303 e. The molecule has 1 aromatic heterocycles. The Bertz CT molecular complexity index is 1100. The Balaban J connectivity index is 1.95. The standard InChI is InChI=1S/C24H27NO9/c1-14(26)31-13-20-21(32-15(2)27)22(33-16(3)28)24(34-20)25-12-11-19(29)18(23(25)30)10-9-17-7-5-4-6-8-17/h4-8,11-12,20-22,24,29H,9-10,13H2,1-3H3/t20-,21?,22?,24-/m1/s1. The van der Waals surface area contributed by atoms with Crippen molar-refractivity contribution < 1.29 is 38.4 Å². The Hall–Kier alpha value is -3.66. The van der Waals surface area contributed by atoms with Crippen LogP contribution < -0.4 is 5.56 Å². The number of pyridine rings is 1. The number of aromatic nitrogens is 1. The molecule has 0 saturated carbocycles. The number of carbonyl (C=O) groups is 3. The van der Waals surface area contributed by atoms with Crippen molar-refractivity contribution in [3.63, 3.8) is 0 Å². The largest absolute Gasteiger partial charge is 0.507 e. The van der Waals surface area contributed by atoms with E-state index in [1.807, 2.05) is 30.3 Å². The number of nitrogens with zero attached hydrogens (tertiary/aromatic N) is 1. The summed E-state index contributed by atoms with van der Waals surface area (Å²) in [4.78, 5) is 48.2. The first-order valence-electron chi connectivity index (χ1n) is 10.8. The molecule has 1 aliphatic rings. The van der Waals surface area contributed by atoms with Gasteiger partial charge < -0.3 is 24.1 Å². The molecular weight excluding hydrogens is 446 g/mol. The highest BCUT2D eigenvalue weighted by atomic mass is 16.7. The van der Waals surface area contributed by atoms with Gasteiger partial charge >= 0.3 is 17.9 Å². The summed E-state index contributed by atoms with van der Waals surface area (Å²) in [6.07, 6.45) is -2.41. The fourth-order valence-corrected chi connectivity index (χ4v) is 3.85. The lowest BCUT2D eigenvalue weighted by atomic mass is 10.0. The molecule has 0 aliphatic carbocycles. The summed E-state index contributed by atoms with van der Waals surface area (Å²) < 4.78 is 22.8. The number of ether oxygens (including phenoxy) is 4. The average molecular weight is 473 g/mol. The third-order valence-corrected chi connectivity index (χ3v) is 5.32. The van der Waals surface area contributed by atoms with Crippen LogP contribution in [0.3, 0.4) is 0 Å². The van der Waals surface area contributed by atoms with Crippen molar-refractivity contribution in [3.8, 4) is 5.75 Å². The number of aryl methyl sites for hydroxylation is 1. The van der Waals surface area contributed by atoms with Gasteiger partial charge in [0.2, 0.25) is 0 Å². The number of aromatic hydroxyl groups is 1. The molecule has 3 rings (SSSR count). The lowest BCUT2D eigenvalue weighted by Gasteiger charge is -2.24. The predicted molar refractivity (Wildman–Crippen MR) is 118 cm³/mol. The summed E-state index contributed by atoms with van der Waals surface area (Å²) in [5.41, 5.74) is 0.597. The van der Waals surface area contributed by atoms with E-state index < -0.39 is 48.0 Å². The van der Waals surface area contributed by atoms with E-state index in [9.17, 15) is 24.3 Å². The Kier molecular flexibility index (Phi) is 8.06. The number of hydrogen-bond acceptors (Lipinski definition) is 9. The first-order chi connectivity index (χ1) is 16.2. The van der Waals surface area contributed by atoms with Gasteiger partial charge in [0.05, 0.1) is 5.56 Å².